The lowest BCUT2D eigenvalue weighted by molar-refractivity contribution is 0.853. The Morgan fingerprint density at radius 2 is 0.955 bits per heavy atom. The van der Waals surface area contributed by atoms with Gasteiger partial charge < -0.3 is 9.13 Å². The van der Waals surface area contributed by atoms with Crippen molar-refractivity contribution in [1.82, 2.24) is 9.13 Å². The summed E-state index contributed by atoms with van der Waals surface area (Å²) in [4.78, 5) is 0. The molecule has 44 heavy (non-hydrogen) atoms. The van der Waals surface area contributed by atoms with Gasteiger partial charge in [-0.05, 0) is 71.6 Å². The second kappa shape index (κ2) is 10.00. The van der Waals surface area contributed by atoms with Crippen molar-refractivity contribution in [3.63, 3.8) is 0 Å². The van der Waals surface area contributed by atoms with Crippen LogP contribution >= 0.6 is 0 Å². The highest BCUT2D eigenvalue weighted by molar-refractivity contribution is 6.28. The predicted octanol–water partition coefficient (Wildman–Crippen LogP) is 11.1. The molecule has 0 bridgehead atoms. The molecule has 0 N–H and O–H groups in total. The first-order valence-corrected chi connectivity index (χ1v) is 15.4. The average molecular weight is 563 g/mol. The molecule has 9 rings (SSSR count). The Morgan fingerprint density at radius 1 is 0.432 bits per heavy atom. The van der Waals surface area contributed by atoms with E-state index in [-0.39, 0.29) is 0 Å². The third-order valence-electron chi connectivity index (χ3n) is 9.26. The molecule has 1 unspecified atom stereocenters. The van der Waals surface area contributed by atoms with Crippen LogP contribution in [0.2, 0.25) is 0 Å². The van der Waals surface area contributed by atoms with Crippen LogP contribution < -0.4 is 0 Å². The van der Waals surface area contributed by atoms with Crippen LogP contribution in [-0.4, -0.2) is 9.13 Å². The van der Waals surface area contributed by atoms with E-state index < -0.39 is 0 Å². The van der Waals surface area contributed by atoms with Crippen molar-refractivity contribution in [3.8, 4) is 22.5 Å². The number of nitrogens with zero attached hydrogens (tertiary/aromatic N) is 2. The van der Waals surface area contributed by atoms with Gasteiger partial charge in [-0.3, -0.25) is 0 Å². The molecule has 2 heteroatoms. The van der Waals surface area contributed by atoms with Crippen molar-refractivity contribution in [2.75, 3.05) is 0 Å². The molecule has 2 aromatic heterocycles. The van der Waals surface area contributed by atoms with E-state index >= 15 is 0 Å². The van der Waals surface area contributed by atoms with Gasteiger partial charge in [0.15, 0.2) is 0 Å². The second-order valence-corrected chi connectivity index (χ2v) is 11.7. The van der Waals surface area contributed by atoms with Gasteiger partial charge in [0.05, 0.1) is 22.1 Å². The fraction of sp³-hybridized carbons (Fsp3) is 0.0476. The van der Waals surface area contributed by atoms with E-state index in [1.165, 1.54) is 71.7 Å². The number of aromatic nitrogens is 2. The molecule has 0 saturated carbocycles. The first kappa shape index (κ1) is 24.9. The van der Waals surface area contributed by atoms with Gasteiger partial charge in [-0.25, -0.2) is 0 Å². The van der Waals surface area contributed by atoms with Crippen LogP contribution in [0.4, 0.5) is 0 Å². The van der Waals surface area contributed by atoms with Crippen LogP contribution in [0.15, 0.2) is 164 Å². The molecular formula is C42H30N2. The van der Waals surface area contributed by atoms with Gasteiger partial charge in [0.1, 0.15) is 0 Å². The SMILES string of the molecule is C1=CCC(c2ccc(-n3c4ccccc4c4c5c6ccccc6n(-c6ccc(-c7ccccc7)cc6)c5ccc43)cc2)C=C1. The predicted molar refractivity (Wildman–Crippen MR) is 186 cm³/mol. The summed E-state index contributed by atoms with van der Waals surface area (Å²) in [5.41, 5.74) is 11.1. The standard InChI is InChI=1S/C42H30N2/c1-3-11-29(12-4-1)31-19-23-33(24-20-31)43-37-17-9-7-15-35(37)41-39(43)27-28-40-42(41)36-16-8-10-18-38(36)44(40)34-25-21-32(22-26-34)30-13-5-2-6-14-30/h1-13,15-28,30H,14H2. The molecule has 8 aromatic rings. The zero-order valence-corrected chi connectivity index (χ0v) is 24.3. The van der Waals surface area contributed by atoms with Gasteiger partial charge in [0.25, 0.3) is 0 Å². The summed E-state index contributed by atoms with van der Waals surface area (Å²) in [6, 6.07) is 51.0. The summed E-state index contributed by atoms with van der Waals surface area (Å²) in [6.07, 6.45) is 9.92. The Morgan fingerprint density at radius 3 is 1.52 bits per heavy atom. The van der Waals surface area contributed by atoms with Crippen LogP contribution in [0.1, 0.15) is 17.9 Å². The van der Waals surface area contributed by atoms with Crippen LogP contribution in [0, 0.1) is 0 Å². The van der Waals surface area contributed by atoms with Crippen molar-refractivity contribution in [2.24, 2.45) is 0 Å². The minimum Gasteiger partial charge on any atom is -0.309 e. The van der Waals surface area contributed by atoms with Gasteiger partial charge in [-0.2, -0.15) is 0 Å². The van der Waals surface area contributed by atoms with Crippen molar-refractivity contribution < 1.29 is 0 Å². The highest BCUT2D eigenvalue weighted by Gasteiger charge is 2.20. The summed E-state index contributed by atoms with van der Waals surface area (Å²) in [5.74, 6) is 0.444. The number of rotatable bonds is 4. The number of hydrogen-bond donors (Lipinski definition) is 0. The largest absolute Gasteiger partial charge is 0.309 e. The smallest absolute Gasteiger partial charge is 0.0548 e. The molecular weight excluding hydrogens is 532 g/mol. The normalized spacial score (nSPS) is 14.8. The summed E-state index contributed by atoms with van der Waals surface area (Å²) in [5, 5.41) is 5.16. The molecule has 0 spiro atoms. The third-order valence-corrected chi connectivity index (χ3v) is 9.26. The fourth-order valence-electron chi connectivity index (χ4n) is 7.21. The van der Waals surface area contributed by atoms with Crippen molar-refractivity contribution in [2.45, 2.75) is 12.3 Å². The van der Waals surface area contributed by atoms with Gasteiger partial charge in [-0.1, -0.05) is 115 Å². The molecule has 0 saturated heterocycles. The molecule has 1 aliphatic carbocycles. The molecule has 2 nitrogen and oxygen atoms in total. The van der Waals surface area contributed by atoms with Crippen molar-refractivity contribution in [3.05, 3.63) is 169 Å². The minimum absolute atomic E-state index is 0.444. The molecule has 0 aliphatic heterocycles. The number of benzene rings is 6. The third kappa shape index (κ3) is 3.81. The Kier molecular flexibility index (Phi) is 5.67. The number of allylic oxidation sites excluding steroid dienone is 4. The molecule has 2 heterocycles. The Labute approximate surface area is 256 Å². The van der Waals surface area contributed by atoms with Crippen LogP contribution in [-0.2, 0) is 0 Å². The molecule has 0 fully saturated rings. The minimum atomic E-state index is 0.444. The maximum atomic E-state index is 2.44. The highest BCUT2D eigenvalue weighted by atomic mass is 15.0. The molecule has 1 aliphatic rings. The lowest BCUT2D eigenvalue weighted by Gasteiger charge is -2.15. The van der Waals surface area contributed by atoms with Gasteiger partial charge in [0, 0.05) is 38.8 Å². The number of hydrogen-bond acceptors (Lipinski definition) is 0. The van der Waals surface area contributed by atoms with E-state index in [2.05, 4.69) is 173 Å². The maximum absolute atomic E-state index is 2.44. The second-order valence-electron chi connectivity index (χ2n) is 11.7. The zero-order chi connectivity index (χ0) is 29.0. The maximum Gasteiger partial charge on any atom is 0.0548 e. The first-order chi connectivity index (χ1) is 21.8. The van der Waals surface area contributed by atoms with Crippen LogP contribution in [0.25, 0.3) is 66.1 Å². The lowest BCUT2D eigenvalue weighted by Crippen LogP contribution is -1.98. The number of fused-ring (bicyclic) bond motifs is 7. The van der Waals surface area contributed by atoms with Crippen LogP contribution in [0.3, 0.4) is 0 Å². The summed E-state index contributed by atoms with van der Waals surface area (Å²) in [7, 11) is 0. The Hall–Kier alpha value is -5.60. The van der Waals surface area contributed by atoms with E-state index in [4.69, 9.17) is 0 Å². The number of para-hydroxylation sites is 2. The molecule has 6 aromatic carbocycles. The molecule has 0 amide bonds. The van der Waals surface area contributed by atoms with E-state index in [1.54, 1.807) is 0 Å². The van der Waals surface area contributed by atoms with Crippen LogP contribution in [0.5, 0.6) is 0 Å². The van der Waals surface area contributed by atoms with Gasteiger partial charge in [-0.15, -0.1) is 0 Å². The Bertz CT molecular complexity index is 2380. The van der Waals surface area contributed by atoms with Gasteiger partial charge in [0.2, 0.25) is 0 Å². The fourth-order valence-corrected chi connectivity index (χ4v) is 7.21. The topological polar surface area (TPSA) is 9.86 Å². The van der Waals surface area contributed by atoms with Gasteiger partial charge >= 0.3 is 0 Å². The lowest BCUT2D eigenvalue weighted by atomic mass is 9.92. The molecule has 208 valence electrons. The van der Waals surface area contributed by atoms with Crippen molar-refractivity contribution >= 4 is 43.6 Å². The first-order valence-electron chi connectivity index (χ1n) is 15.4. The van der Waals surface area contributed by atoms with E-state index in [0.717, 1.165) is 6.42 Å². The van der Waals surface area contributed by atoms with E-state index in [0.29, 0.717) is 5.92 Å². The zero-order valence-electron chi connectivity index (χ0n) is 24.3. The quantitative estimate of drug-likeness (QED) is 0.202. The molecule has 0 radical (unpaired) electrons. The van der Waals surface area contributed by atoms with Crippen molar-refractivity contribution in [1.29, 1.82) is 0 Å². The van der Waals surface area contributed by atoms with E-state index in [9.17, 15) is 0 Å². The monoisotopic (exact) mass is 562 g/mol. The summed E-state index contributed by atoms with van der Waals surface area (Å²) in [6.45, 7) is 0. The molecule has 1 atom stereocenters. The van der Waals surface area contributed by atoms with E-state index in [1.807, 2.05) is 0 Å². The Balaban J connectivity index is 1.27. The highest BCUT2D eigenvalue weighted by Crippen LogP contribution is 2.42. The summed E-state index contributed by atoms with van der Waals surface area (Å²) < 4.78 is 4.86. The average Bonchev–Trinajstić information content (AvgIpc) is 3.62. The summed E-state index contributed by atoms with van der Waals surface area (Å²) >= 11 is 0.